The number of rotatable bonds is 6. The maximum Gasteiger partial charge on any atom is 0.254 e. The standard InChI is InChI=1S/C30H32N2O4/c1-35-23-17-15-20(16-18-23)28-27(29(33)31-21-9-8-12-24(19-21)36-2)25-13-6-7-14-26(25)30(34)32(28)22-10-4-3-5-11-22/h6-9,12-19,22,27-28H,3-5,10-11H2,1-2H3,(H,31,33)/t27-,28-/m1/s1. The van der Waals surface area contributed by atoms with Crippen LogP contribution in [0.15, 0.2) is 72.8 Å². The molecule has 0 saturated heterocycles. The van der Waals surface area contributed by atoms with Crippen LogP contribution >= 0.6 is 0 Å². The molecule has 1 aliphatic heterocycles. The Hall–Kier alpha value is -3.80. The zero-order chi connectivity index (χ0) is 25.1. The minimum absolute atomic E-state index is 0.00347. The van der Waals surface area contributed by atoms with Gasteiger partial charge in [-0.05, 0) is 54.3 Å². The first-order valence-corrected chi connectivity index (χ1v) is 12.6. The minimum atomic E-state index is -0.569. The molecule has 0 radical (unpaired) electrons. The molecule has 6 heteroatoms. The molecule has 0 bridgehead atoms. The lowest BCUT2D eigenvalue weighted by molar-refractivity contribution is -0.119. The third-order valence-electron chi connectivity index (χ3n) is 7.42. The van der Waals surface area contributed by atoms with Crippen molar-refractivity contribution in [3.63, 3.8) is 0 Å². The quantitative estimate of drug-likeness (QED) is 0.469. The van der Waals surface area contributed by atoms with Gasteiger partial charge in [0.1, 0.15) is 11.5 Å². The first kappa shape index (κ1) is 23.9. The normalized spacial score (nSPS) is 19.9. The molecular formula is C30H32N2O4. The summed E-state index contributed by atoms with van der Waals surface area (Å²) < 4.78 is 10.7. The minimum Gasteiger partial charge on any atom is -0.497 e. The van der Waals surface area contributed by atoms with Gasteiger partial charge in [-0.1, -0.05) is 55.7 Å². The number of amides is 2. The number of carbonyl (C=O) groups excluding carboxylic acids is 2. The van der Waals surface area contributed by atoms with E-state index in [1.807, 2.05) is 71.6 Å². The molecule has 3 aromatic rings. The van der Waals surface area contributed by atoms with Gasteiger partial charge in [0, 0.05) is 23.4 Å². The van der Waals surface area contributed by atoms with Gasteiger partial charge in [-0.25, -0.2) is 0 Å². The van der Waals surface area contributed by atoms with Gasteiger partial charge in [0.2, 0.25) is 5.91 Å². The van der Waals surface area contributed by atoms with Crippen molar-refractivity contribution in [3.8, 4) is 11.5 Å². The van der Waals surface area contributed by atoms with Crippen molar-refractivity contribution in [1.82, 2.24) is 4.90 Å². The van der Waals surface area contributed by atoms with E-state index in [1.165, 1.54) is 6.42 Å². The zero-order valence-electron chi connectivity index (χ0n) is 20.8. The Bertz CT molecular complexity index is 1230. The van der Waals surface area contributed by atoms with Gasteiger partial charge in [-0.15, -0.1) is 0 Å². The number of methoxy groups -OCH3 is 2. The Labute approximate surface area is 212 Å². The molecule has 0 aromatic heterocycles. The first-order valence-electron chi connectivity index (χ1n) is 12.6. The number of carbonyl (C=O) groups is 2. The molecule has 1 heterocycles. The molecule has 186 valence electrons. The van der Waals surface area contributed by atoms with Crippen LogP contribution in [-0.2, 0) is 4.79 Å². The Morgan fingerprint density at radius 1 is 0.861 bits per heavy atom. The number of anilines is 1. The van der Waals surface area contributed by atoms with E-state index >= 15 is 0 Å². The van der Waals surface area contributed by atoms with E-state index < -0.39 is 12.0 Å². The maximum atomic E-state index is 14.1. The van der Waals surface area contributed by atoms with Crippen LogP contribution in [0, 0.1) is 0 Å². The summed E-state index contributed by atoms with van der Waals surface area (Å²) in [6.07, 6.45) is 5.26. The molecule has 2 atom stereocenters. The summed E-state index contributed by atoms with van der Waals surface area (Å²) in [5, 5.41) is 3.11. The van der Waals surface area contributed by atoms with Crippen LogP contribution in [-0.4, -0.2) is 37.0 Å². The van der Waals surface area contributed by atoms with Gasteiger partial charge in [0.15, 0.2) is 0 Å². The number of hydrogen-bond donors (Lipinski definition) is 1. The van der Waals surface area contributed by atoms with Crippen LogP contribution < -0.4 is 14.8 Å². The first-order chi connectivity index (χ1) is 17.6. The number of fused-ring (bicyclic) bond motifs is 1. The highest BCUT2D eigenvalue weighted by atomic mass is 16.5. The highest BCUT2D eigenvalue weighted by Crippen LogP contribution is 2.46. The lowest BCUT2D eigenvalue weighted by Gasteiger charge is -2.46. The molecule has 1 N–H and O–H groups in total. The van der Waals surface area contributed by atoms with Crippen molar-refractivity contribution in [2.24, 2.45) is 0 Å². The molecule has 3 aromatic carbocycles. The van der Waals surface area contributed by atoms with E-state index in [0.717, 1.165) is 42.6 Å². The Kier molecular flexibility index (Phi) is 6.94. The molecule has 0 spiro atoms. The van der Waals surface area contributed by atoms with Crippen molar-refractivity contribution in [1.29, 1.82) is 0 Å². The van der Waals surface area contributed by atoms with Gasteiger partial charge in [-0.2, -0.15) is 0 Å². The topological polar surface area (TPSA) is 67.9 Å². The molecule has 36 heavy (non-hydrogen) atoms. The van der Waals surface area contributed by atoms with Gasteiger partial charge in [0.05, 0.1) is 26.2 Å². The molecule has 0 unspecified atom stereocenters. The second-order valence-corrected chi connectivity index (χ2v) is 9.51. The van der Waals surface area contributed by atoms with Crippen LogP contribution in [0.3, 0.4) is 0 Å². The number of nitrogens with zero attached hydrogens (tertiary/aromatic N) is 1. The fourth-order valence-electron chi connectivity index (χ4n) is 5.67. The van der Waals surface area contributed by atoms with Gasteiger partial charge < -0.3 is 19.7 Å². The van der Waals surface area contributed by atoms with Crippen molar-refractivity contribution in [3.05, 3.63) is 89.5 Å². The van der Waals surface area contributed by atoms with Crippen LogP contribution in [0.4, 0.5) is 5.69 Å². The van der Waals surface area contributed by atoms with Crippen LogP contribution in [0.5, 0.6) is 11.5 Å². The molecule has 1 aliphatic carbocycles. The summed E-state index contributed by atoms with van der Waals surface area (Å²) in [7, 11) is 3.24. The highest BCUT2D eigenvalue weighted by Gasteiger charge is 2.46. The summed E-state index contributed by atoms with van der Waals surface area (Å²) in [5.74, 6) is 0.694. The number of benzene rings is 3. The lowest BCUT2D eigenvalue weighted by Crippen LogP contribution is -2.51. The second kappa shape index (κ2) is 10.4. The summed E-state index contributed by atoms with van der Waals surface area (Å²) in [6.45, 7) is 0. The fourth-order valence-corrected chi connectivity index (χ4v) is 5.67. The van der Waals surface area contributed by atoms with Gasteiger partial charge in [0.25, 0.3) is 5.91 Å². The van der Waals surface area contributed by atoms with Crippen LogP contribution in [0.2, 0.25) is 0 Å². The van der Waals surface area contributed by atoms with Crippen LogP contribution in [0.25, 0.3) is 0 Å². The van der Waals surface area contributed by atoms with E-state index in [0.29, 0.717) is 17.0 Å². The summed E-state index contributed by atoms with van der Waals surface area (Å²) >= 11 is 0. The van der Waals surface area contributed by atoms with E-state index in [4.69, 9.17) is 9.47 Å². The SMILES string of the molecule is COc1ccc([C@@H]2[C@H](C(=O)Nc3cccc(OC)c3)c3ccccc3C(=O)N2C2CCCCC2)cc1. The third kappa shape index (κ3) is 4.55. The fraction of sp³-hybridized carbons (Fsp3) is 0.333. The Morgan fingerprint density at radius 3 is 2.31 bits per heavy atom. The van der Waals surface area contributed by atoms with Gasteiger partial charge in [-0.3, -0.25) is 9.59 Å². The average Bonchev–Trinajstić information content (AvgIpc) is 2.93. The van der Waals surface area contributed by atoms with E-state index in [-0.39, 0.29) is 17.9 Å². The van der Waals surface area contributed by atoms with E-state index in [1.54, 1.807) is 20.3 Å². The molecule has 2 amide bonds. The predicted molar refractivity (Wildman–Crippen MR) is 140 cm³/mol. The second-order valence-electron chi connectivity index (χ2n) is 9.51. The Morgan fingerprint density at radius 2 is 1.58 bits per heavy atom. The molecule has 6 nitrogen and oxygen atoms in total. The zero-order valence-corrected chi connectivity index (χ0v) is 20.8. The maximum absolute atomic E-state index is 14.1. The monoisotopic (exact) mass is 484 g/mol. The van der Waals surface area contributed by atoms with E-state index in [2.05, 4.69) is 5.32 Å². The van der Waals surface area contributed by atoms with Gasteiger partial charge >= 0.3 is 0 Å². The summed E-state index contributed by atoms with van der Waals surface area (Å²) in [5.41, 5.74) is 2.95. The number of hydrogen-bond acceptors (Lipinski definition) is 4. The van der Waals surface area contributed by atoms with E-state index in [9.17, 15) is 9.59 Å². The van der Waals surface area contributed by atoms with Crippen LogP contribution in [0.1, 0.15) is 65.5 Å². The predicted octanol–water partition coefficient (Wildman–Crippen LogP) is 5.96. The van der Waals surface area contributed by atoms with Crippen molar-refractivity contribution >= 4 is 17.5 Å². The molecule has 1 fully saturated rings. The number of ether oxygens (including phenoxy) is 2. The van der Waals surface area contributed by atoms with Crippen molar-refractivity contribution in [2.45, 2.75) is 50.1 Å². The molecule has 5 rings (SSSR count). The number of nitrogens with one attached hydrogen (secondary N) is 1. The average molecular weight is 485 g/mol. The van der Waals surface area contributed by atoms with Crippen molar-refractivity contribution < 1.29 is 19.1 Å². The smallest absolute Gasteiger partial charge is 0.254 e. The summed E-state index contributed by atoms with van der Waals surface area (Å²) in [6, 6.07) is 22.3. The lowest BCUT2D eigenvalue weighted by atomic mass is 9.77. The molecule has 1 saturated carbocycles. The largest absolute Gasteiger partial charge is 0.497 e. The highest BCUT2D eigenvalue weighted by molar-refractivity contribution is 6.04. The Balaban J connectivity index is 1.62. The summed E-state index contributed by atoms with van der Waals surface area (Å²) in [4.78, 5) is 30.0. The van der Waals surface area contributed by atoms with Crippen molar-refractivity contribution in [2.75, 3.05) is 19.5 Å². The molecular weight excluding hydrogens is 452 g/mol. The molecule has 2 aliphatic rings. The third-order valence-corrected chi connectivity index (χ3v) is 7.42.